The number of ether oxygens (including phenoxy) is 1. The van der Waals surface area contributed by atoms with Crippen LogP contribution in [0.1, 0.15) is 12.5 Å². The Morgan fingerprint density at radius 1 is 1.30 bits per heavy atom. The molecule has 1 rings (SSSR count). The van der Waals surface area contributed by atoms with E-state index in [-0.39, 0.29) is 24.1 Å². The number of carbonyl (C=O) groups excluding carboxylic acids is 1. The van der Waals surface area contributed by atoms with Gasteiger partial charge in [0.05, 0.1) is 6.42 Å². The number of hydrogen-bond donors (Lipinski definition) is 2. The molecule has 2 N–H and O–H groups in total. The molecular weight excluding hydrogens is 273 g/mol. The lowest BCUT2D eigenvalue weighted by Gasteiger charge is -2.12. The molecule has 0 aromatic heterocycles. The summed E-state index contributed by atoms with van der Waals surface area (Å²) in [5.74, 6) is -0.484. The molecule has 1 aromatic rings. The number of alkyl halides is 3. The third-order valence-electron chi connectivity index (χ3n) is 2.62. The van der Waals surface area contributed by atoms with E-state index in [1.165, 1.54) is 24.3 Å². The Morgan fingerprint density at radius 2 is 1.90 bits per heavy atom. The number of carbonyl (C=O) groups is 1. The molecule has 0 radical (unpaired) electrons. The van der Waals surface area contributed by atoms with Gasteiger partial charge in [0, 0.05) is 12.6 Å². The third kappa shape index (κ3) is 6.42. The van der Waals surface area contributed by atoms with Crippen LogP contribution in [0.25, 0.3) is 0 Å². The number of benzene rings is 1. The van der Waals surface area contributed by atoms with Crippen LogP contribution in [-0.2, 0) is 11.2 Å². The van der Waals surface area contributed by atoms with Crippen LogP contribution in [0.4, 0.5) is 13.2 Å². The van der Waals surface area contributed by atoms with Crippen LogP contribution < -0.4 is 15.4 Å². The molecule has 4 nitrogen and oxygen atoms in total. The number of hydrogen-bond acceptors (Lipinski definition) is 3. The Labute approximate surface area is 115 Å². The molecule has 0 fully saturated rings. The van der Waals surface area contributed by atoms with Crippen molar-refractivity contribution >= 4 is 5.91 Å². The van der Waals surface area contributed by atoms with E-state index < -0.39 is 6.36 Å². The summed E-state index contributed by atoms with van der Waals surface area (Å²) < 4.78 is 39.7. The van der Waals surface area contributed by atoms with E-state index in [1.54, 1.807) is 7.05 Å². The molecule has 1 atom stereocenters. The first-order valence-electron chi connectivity index (χ1n) is 6.09. The van der Waals surface area contributed by atoms with Crippen molar-refractivity contribution in [3.63, 3.8) is 0 Å². The molecule has 1 amide bonds. The molecule has 0 spiro atoms. The fraction of sp³-hybridized carbons (Fsp3) is 0.462. The molecule has 0 saturated heterocycles. The van der Waals surface area contributed by atoms with Gasteiger partial charge in [0.25, 0.3) is 0 Å². The molecule has 0 aliphatic carbocycles. The fourth-order valence-corrected chi connectivity index (χ4v) is 1.43. The third-order valence-corrected chi connectivity index (χ3v) is 2.62. The summed E-state index contributed by atoms with van der Waals surface area (Å²) in [5, 5.41) is 5.70. The predicted molar refractivity (Wildman–Crippen MR) is 68.4 cm³/mol. The minimum atomic E-state index is -4.71. The maximum atomic E-state index is 12.0. The van der Waals surface area contributed by atoms with Gasteiger partial charge in [0.15, 0.2) is 0 Å². The first kappa shape index (κ1) is 16.3. The average molecular weight is 290 g/mol. The van der Waals surface area contributed by atoms with E-state index in [4.69, 9.17) is 0 Å². The van der Waals surface area contributed by atoms with Crippen LogP contribution in [0, 0.1) is 0 Å². The Bertz CT molecular complexity index is 432. The molecule has 0 bridgehead atoms. The smallest absolute Gasteiger partial charge is 0.406 e. The molecule has 112 valence electrons. The zero-order valence-corrected chi connectivity index (χ0v) is 11.3. The van der Waals surface area contributed by atoms with Crippen molar-refractivity contribution in [2.24, 2.45) is 0 Å². The standard InChI is InChI=1S/C13H17F3N2O2/c1-9(17-2)8-18-12(19)7-10-3-5-11(6-4-10)20-13(14,15)16/h3-6,9,17H,7-8H2,1-2H3,(H,18,19). The summed E-state index contributed by atoms with van der Waals surface area (Å²) in [4.78, 5) is 11.6. The molecule has 1 aromatic carbocycles. The lowest BCUT2D eigenvalue weighted by molar-refractivity contribution is -0.274. The zero-order chi connectivity index (χ0) is 15.2. The van der Waals surface area contributed by atoms with Gasteiger partial charge in [-0.2, -0.15) is 0 Å². The molecule has 0 aliphatic rings. The van der Waals surface area contributed by atoms with Crippen molar-refractivity contribution in [2.75, 3.05) is 13.6 Å². The highest BCUT2D eigenvalue weighted by molar-refractivity contribution is 5.78. The van der Waals surface area contributed by atoms with Crippen LogP contribution in [0.5, 0.6) is 5.75 Å². The van der Waals surface area contributed by atoms with Crippen LogP contribution in [0.3, 0.4) is 0 Å². The lowest BCUT2D eigenvalue weighted by Crippen LogP contribution is -2.37. The normalized spacial score (nSPS) is 12.8. The minimum Gasteiger partial charge on any atom is -0.406 e. The Morgan fingerprint density at radius 3 is 2.40 bits per heavy atom. The zero-order valence-electron chi connectivity index (χ0n) is 11.3. The van der Waals surface area contributed by atoms with Gasteiger partial charge in [0.2, 0.25) is 5.91 Å². The van der Waals surface area contributed by atoms with Gasteiger partial charge in [-0.25, -0.2) is 0 Å². The Balaban J connectivity index is 2.47. The van der Waals surface area contributed by atoms with Crippen molar-refractivity contribution in [1.29, 1.82) is 0 Å². The molecule has 7 heteroatoms. The number of rotatable bonds is 6. The molecule has 1 unspecified atom stereocenters. The van der Waals surface area contributed by atoms with E-state index in [9.17, 15) is 18.0 Å². The predicted octanol–water partition coefficient (Wildman–Crippen LogP) is 1.85. The van der Waals surface area contributed by atoms with Gasteiger partial charge >= 0.3 is 6.36 Å². The van der Waals surface area contributed by atoms with Crippen molar-refractivity contribution in [3.8, 4) is 5.75 Å². The van der Waals surface area contributed by atoms with Gasteiger partial charge in [-0.3, -0.25) is 4.79 Å². The van der Waals surface area contributed by atoms with Gasteiger partial charge in [0.1, 0.15) is 5.75 Å². The van der Waals surface area contributed by atoms with Crippen molar-refractivity contribution < 1.29 is 22.7 Å². The summed E-state index contributed by atoms with van der Waals surface area (Å²) in [5.41, 5.74) is 0.620. The summed E-state index contributed by atoms with van der Waals surface area (Å²) >= 11 is 0. The highest BCUT2D eigenvalue weighted by Crippen LogP contribution is 2.22. The maximum Gasteiger partial charge on any atom is 0.573 e. The van der Waals surface area contributed by atoms with Gasteiger partial charge in [-0.15, -0.1) is 13.2 Å². The average Bonchev–Trinajstić information content (AvgIpc) is 2.36. The van der Waals surface area contributed by atoms with Gasteiger partial charge < -0.3 is 15.4 Å². The highest BCUT2D eigenvalue weighted by Gasteiger charge is 2.30. The van der Waals surface area contributed by atoms with Crippen LogP contribution >= 0.6 is 0 Å². The Hall–Kier alpha value is -1.76. The second-order valence-electron chi connectivity index (χ2n) is 4.36. The molecular formula is C13H17F3N2O2. The van der Waals surface area contributed by atoms with Crippen LogP contribution in [-0.4, -0.2) is 31.9 Å². The number of amides is 1. The summed E-state index contributed by atoms with van der Waals surface area (Å²) in [6, 6.07) is 5.39. The van der Waals surface area contributed by atoms with Gasteiger partial charge in [-0.05, 0) is 31.7 Å². The lowest BCUT2D eigenvalue weighted by atomic mass is 10.1. The SMILES string of the molecule is CNC(C)CNC(=O)Cc1ccc(OC(F)(F)F)cc1. The van der Waals surface area contributed by atoms with E-state index in [0.29, 0.717) is 12.1 Å². The van der Waals surface area contributed by atoms with Crippen molar-refractivity contribution in [2.45, 2.75) is 25.7 Å². The fourth-order valence-electron chi connectivity index (χ4n) is 1.43. The summed E-state index contributed by atoms with van der Waals surface area (Å²) in [7, 11) is 1.79. The minimum absolute atomic E-state index is 0.114. The number of halogens is 3. The first-order valence-corrected chi connectivity index (χ1v) is 6.09. The van der Waals surface area contributed by atoms with Crippen molar-refractivity contribution in [1.82, 2.24) is 10.6 Å². The topological polar surface area (TPSA) is 50.4 Å². The number of nitrogens with one attached hydrogen (secondary N) is 2. The largest absolute Gasteiger partial charge is 0.573 e. The monoisotopic (exact) mass is 290 g/mol. The second-order valence-corrected chi connectivity index (χ2v) is 4.36. The summed E-state index contributed by atoms with van der Waals surface area (Å²) in [6.07, 6.45) is -4.59. The molecule has 0 heterocycles. The highest BCUT2D eigenvalue weighted by atomic mass is 19.4. The van der Waals surface area contributed by atoms with E-state index in [2.05, 4.69) is 15.4 Å². The maximum absolute atomic E-state index is 12.0. The van der Waals surface area contributed by atoms with Gasteiger partial charge in [-0.1, -0.05) is 12.1 Å². The Kier molecular flexibility index (Phi) is 5.82. The van der Waals surface area contributed by atoms with E-state index in [1.807, 2.05) is 6.92 Å². The first-order chi connectivity index (χ1) is 9.30. The molecule has 0 saturated carbocycles. The van der Waals surface area contributed by atoms with E-state index >= 15 is 0 Å². The molecule has 0 aliphatic heterocycles. The quantitative estimate of drug-likeness (QED) is 0.840. The second kappa shape index (κ2) is 7.14. The van der Waals surface area contributed by atoms with E-state index in [0.717, 1.165) is 0 Å². The van der Waals surface area contributed by atoms with Crippen molar-refractivity contribution in [3.05, 3.63) is 29.8 Å². The van der Waals surface area contributed by atoms with Crippen LogP contribution in [0.2, 0.25) is 0 Å². The van der Waals surface area contributed by atoms with Crippen LogP contribution in [0.15, 0.2) is 24.3 Å². The summed E-state index contributed by atoms with van der Waals surface area (Å²) in [6.45, 7) is 2.41. The number of likely N-dealkylation sites (N-methyl/N-ethyl adjacent to an activating group) is 1. The molecule has 20 heavy (non-hydrogen) atoms.